The minimum atomic E-state index is -1.65. The second-order valence-electron chi connectivity index (χ2n) is 4.63. The van der Waals surface area contributed by atoms with Crippen LogP contribution >= 0.6 is 0 Å². The number of hydrogen-bond donors (Lipinski definition) is 2. The maximum atomic E-state index is 13.5. The summed E-state index contributed by atoms with van der Waals surface area (Å²) in [6.45, 7) is 5.82. The van der Waals surface area contributed by atoms with Crippen molar-refractivity contribution in [3.63, 3.8) is 0 Å². The van der Waals surface area contributed by atoms with Crippen molar-refractivity contribution in [3.05, 3.63) is 29.6 Å². The smallest absolute Gasteiger partial charge is 0.423 e. The lowest BCUT2D eigenvalue weighted by Crippen LogP contribution is -2.30. The van der Waals surface area contributed by atoms with Gasteiger partial charge >= 0.3 is 7.12 Å². The average Bonchev–Trinajstić information content (AvgIpc) is 2.14. The third-order valence-electron chi connectivity index (χ3n) is 2.04. The number of rotatable bonds is 3. The minimum absolute atomic E-state index is 0.136. The molecule has 0 atom stereocenters. The zero-order chi connectivity index (χ0) is 12.3. The summed E-state index contributed by atoms with van der Waals surface area (Å²) in [5, 5.41) is 17.7. The quantitative estimate of drug-likeness (QED) is 0.750. The molecule has 0 bridgehead atoms. The van der Waals surface area contributed by atoms with Crippen LogP contribution in [0.3, 0.4) is 0 Å². The van der Waals surface area contributed by atoms with E-state index in [9.17, 15) is 4.39 Å². The molecular weight excluding hydrogens is 210 g/mol. The summed E-state index contributed by atoms with van der Waals surface area (Å²) in [6, 6.07) is 4.07. The van der Waals surface area contributed by atoms with Gasteiger partial charge in [0.1, 0.15) is 5.82 Å². The molecule has 0 aliphatic rings. The Morgan fingerprint density at radius 2 is 1.94 bits per heavy atom. The predicted molar refractivity (Wildman–Crippen MR) is 60.8 cm³/mol. The highest BCUT2D eigenvalue weighted by Gasteiger charge is 2.15. The van der Waals surface area contributed by atoms with E-state index in [-0.39, 0.29) is 17.7 Å². The van der Waals surface area contributed by atoms with Crippen molar-refractivity contribution < 1.29 is 19.2 Å². The van der Waals surface area contributed by atoms with Crippen LogP contribution in [0.2, 0.25) is 0 Å². The predicted octanol–water partition coefficient (Wildman–Crippen LogP) is 0.821. The molecule has 0 saturated carbocycles. The molecule has 2 N–H and O–H groups in total. The van der Waals surface area contributed by atoms with E-state index in [1.165, 1.54) is 12.1 Å². The largest absolute Gasteiger partial charge is 0.488 e. The van der Waals surface area contributed by atoms with E-state index in [2.05, 4.69) is 0 Å². The molecule has 0 aromatic heterocycles. The van der Waals surface area contributed by atoms with Crippen molar-refractivity contribution >= 4 is 12.6 Å². The van der Waals surface area contributed by atoms with E-state index in [1.807, 2.05) is 20.8 Å². The summed E-state index contributed by atoms with van der Waals surface area (Å²) in [5.41, 5.74) is 0.207. The molecule has 1 aromatic carbocycles. The lowest BCUT2D eigenvalue weighted by molar-refractivity contribution is -0.0161. The van der Waals surface area contributed by atoms with Gasteiger partial charge < -0.3 is 14.8 Å². The molecule has 5 heteroatoms. The summed E-state index contributed by atoms with van der Waals surface area (Å²) < 4.78 is 18.9. The zero-order valence-electron chi connectivity index (χ0n) is 9.70. The van der Waals surface area contributed by atoms with E-state index in [0.29, 0.717) is 5.56 Å². The molecule has 0 aliphatic carbocycles. The van der Waals surface area contributed by atoms with E-state index >= 15 is 0 Å². The van der Waals surface area contributed by atoms with Crippen molar-refractivity contribution in [1.82, 2.24) is 0 Å². The minimum Gasteiger partial charge on any atom is -0.423 e. The molecule has 0 spiro atoms. The molecule has 0 heterocycles. The first-order valence-electron chi connectivity index (χ1n) is 5.08. The maximum Gasteiger partial charge on any atom is 0.488 e. The fourth-order valence-electron chi connectivity index (χ4n) is 1.14. The van der Waals surface area contributed by atoms with E-state index in [0.717, 1.165) is 6.07 Å². The second-order valence-corrected chi connectivity index (χ2v) is 4.63. The third-order valence-corrected chi connectivity index (χ3v) is 2.04. The highest BCUT2D eigenvalue weighted by Crippen LogP contribution is 2.13. The van der Waals surface area contributed by atoms with E-state index in [1.54, 1.807) is 0 Å². The van der Waals surface area contributed by atoms with Crippen LogP contribution in [0.4, 0.5) is 4.39 Å². The Hall–Kier alpha value is -0.905. The van der Waals surface area contributed by atoms with Gasteiger partial charge in [-0.3, -0.25) is 0 Å². The molecule has 1 rings (SSSR count). The molecule has 88 valence electrons. The van der Waals surface area contributed by atoms with Gasteiger partial charge in [0.25, 0.3) is 0 Å². The van der Waals surface area contributed by atoms with Gasteiger partial charge in [0.2, 0.25) is 0 Å². The summed E-state index contributed by atoms with van der Waals surface area (Å²) in [6.07, 6.45) is 0. The summed E-state index contributed by atoms with van der Waals surface area (Å²) in [5.74, 6) is -0.491. The van der Waals surface area contributed by atoms with Crippen molar-refractivity contribution in [2.75, 3.05) is 0 Å². The lowest BCUT2D eigenvalue weighted by atomic mass is 9.80. The normalized spacial score (nSPS) is 11.6. The van der Waals surface area contributed by atoms with E-state index in [4.69, 9.17) is 14.8 Å². The molecule has 16 heavy (non-hydrogen) atoms. The van der Waals surface area contributed by atoms with Gasteiger partial charge in [-0.2, -0.15) is 0 Å². The number of benzene rings is 1. The van der Waals surface area contributed by atoms with Crippen LogP contribution in [-0.4, -0.2) is 22.8 Å². The van der Waals surface area contributed by atoms with Gasteiger partial charge in [0.15, 0.2) is 0 Å². The Balaban J connectivity index is 2.76. The van der Waals surface area contributed by atoms with Crippen molar-refractivity contribution in [3.8, 4) is 0 Å². The van der Waals surface area contributed by atoms with Crippen molar-refractivity contribution in [2.45, 2.75) is 33.0 Å². The summed E-state index contributed by atoms with van der Waals surface area (Å²) in [7, 11) is -1.65. The highest BCUT2D eigenvalue weighted by molar-refractivity contribution is 6.58. The van der Waals surface area contributed by atoms with Crippen molar-refractivity contribution in [2.24, 2.45) is 0 Å². The van der Waals surface area contributed by atoms with Gasteiger partial charge in [-0.1, -0.05) is 12.1 Å². The molecule has 0 amide bonds. The molecule has 0 aliphatic heterocycles. The number of hydrogen-bond acceptors (Lipinski definition) is 3. The van der Waals surface area contributed by atoms with Crippen LogP contribution < -0.4 is 5.46 Å². The molecule has 1 aromatic rings. The van der Waals surface area contributed by atoms with Crippen molar-refractivity contribution in [1.29, 1.82) is 0 Å². The molecule has 0 fully saturated rings. The number of halogens is 1. The average molecular weight is 226 g/mol. The van der Waals surface area contributed by atoms with E-state index < -0.39 is 12.9 Å². The Labute approximate surface area is 95.0 Å². The van der Waals surface area contributed by atoms with Crippen LogP contribution in [0, 0.1) is 5.82 Å². The van der Waals surface area contributed by atoms with Gasteiger partial charge in [0, 0.05) is 5.56 Å². The summed E-state index contributed by atoms with van der Waals surface area (Å²) in [4.78, 5) is 0. The fourth-order valence-corrected chi connectivity index (χ4v) is 1.14. The number of ether oxygens (including phenoxy) is 1. The Kier molecular flexibility index (Phi) is 4.07. The first-order valence-corrected chi connectivity index (χ1v) is 5.08. The van der Waals surface area contributed by atoms with Crippen LogP contribution in [0.1, 0.15) is 26.3 Å². The molecule has 0 radical (unpaired) electrons. The van der Waals surface area contributed by atoms with Gasteiger partial charge in [-0.25, -0.2) is 4.39 Å². The molecular formula is C11H16BFO3. The Bertz CT molecular complexity index is 361. The summed E-state index contributed by atoms with van der Waals surface area (Å²) >= 11 is 0. The Morgan fingerprint density at radius 1 is 1.31 bits per heavy atom. The van der Waals surface area contributed by atoms with Crippen LogP contribution in [0.5, 0.6) is 0 Å². The standard InChI is InChI=1S/C11H16BFO3/c1-11(2,3)16-7-8-4-5-9(12(14)15)6-10(8)13/h4-6,14-15H,7H2,1-3H3. The zero-order valence-corrected chi connectivity index (χ0v) is 9.70. The maximum absolute atomic E-state index is 13.5. The van der Waals surface area contributed by atoms with Crippen LogP contribution in [0.15, 0.2) is 18.2 Å². The monoisotopic (exact) mass is 226 g/mol. The fraction of sp³-hybridized carbons (Fsp3) is 0.455. The lowest BCUT2D eigenvalue weighted by Gasteiger charge is -2.19. The topological polar surface area (TPSA) is 49.7 Å². The second kappa shape index (κ2) is 4.95. The van der Waals surface area contributed by atoms with Crippen LogP contribution in [-0.2, 0) is 11.3 Å². The first-order chi connectivity index (χ1) is 7.29. The highest BCUT2D eigenvalue weighted by atomic mass is 19.1. The molecule has 0 unspecified atom stereocenters. The third kappa shape index (κ3) is 3.92. The molecule has 3 nitrogen and oxygen atoms in total. The SMILES string of the molecule is CC(C)(C)OCc1ccc(B(O)O)cc1F. The van der Waals surface area contributed by atoms with Gasteiger partial charge in [0.05, 0.1) is 12.2 Å². The molecule has 0 saturated heterocycles. The van der Waals surface area contributed by atoms with Gasteiger partial charge in [-0.15, -0.1) is 0 Å². The Morgan fingerprint density at radius 3 is 2.38 bits per heavy atom. The van der Waals surface area contributed by atoms with Gasteiger partial charge in [-0.05, 0) is 32.3 Å². The first kappa shape index (κ1) is 13.2. The van der Waals surface area contributed by atoms with Crippen LogP contribution in [0.25, 0.3) is 0 Å².